The first-order valence-corrected chi connectivity index (χ1v) is 9.79. The summed E-state index contributed by atoms with van der Waals surface area (Å²) < 4.78 is 6.02. The molecule has 28 heavy (non-hydrogen) atoms. The summed E-state index contributed by atoms with van der Waals surface area (Å²) >= 11 is 9.32. The molecule has 2 amide bonds. The number of aryl methyl sites for hydroxylation is 1. The fourth-order valence-electron chi connectivity index (χ4n) is 2.97. The molecule has 2 aromatic carbocycles. The number of hydrogen-bond acceptors (Lipinski definition) is 4. The molecule has 0 radical (unpaired) electrons. The van der Waals surface area contributed by atoms with Crippen LogP contribution in [0.2, 0.25) is 5.02 Å². The molecule has 1 atom stereocenters. The molecule has 3 rings (SSSR count). The van der Waals surface area contributed by atoms with Gasteiger partial charge in [-0.15, -0.1) is 0 Å². The Bertz CT molecular complexity index is 934. The quantitative estimate of drug-likeness (QED) is 0.679. The number of rotatable bonds is 5. The number of carbonyl (C=O) groups excluding carboxylic acids is 3. The zero-order chi connectivity index (χ0) is 20.3. The number of carbonyl (C=O) groups is 3. The third-order valence-electron chi connectivity index (χ3n) is 4.39. The van der Waals surface area contributed by atoms with Gasteiger partial charge in [0.25, 0.3) is 5.91 Å². The lowest BCUT2D eigenvalue weighted by molar-refractivity contribution is -0.151. The second kappa shape index (κ2) is 8.75. The Kier molecular flexibility index (Phi) is 6.36. The van der Waals surface area contributed by atoms with E-state index in [1.165, 1.54) is 4.90 Å². The summed E-state index contributed by atoms with van der Waals surface area (Å²) in [4.78, 5) is 38.1. The number of benzene rings is 2. The zero-order valence-electron chi connectivity index (χ0n) is 15.1. The van der Waals surface area contributed by atoms with Crippen LogP contribution in [0.15, 0.2) is 46.9 Å². The SMILES string of the molecule is Cc1cc(Br)ccc1NC(=O)COC(=O)C1CC(=O)N(c2cccc(Cl)c2)C1. The second-order valence-corrected chi connectivity index (χ2v) is 7.85. The molecular formula is C20H18BrClN2O4. The Morgan fingerprint density at radius 1 is 1.29 bits per heavy atom. The van der Waals surface area contributed by atoms with Crippen LogP contribution >= 0.6 is 27.5 Å². The number of esters is 1. The minimum atomic E-state index is -0.617. The maximum atomic E-state index is 12.3. The van der Waals surface area contributed by atoms with Gasteiger partial charge in [-0.3, -0.25) is 14.4 Å². The maximum absolute atomic E-state index is 12.3. The lowest BCUT2D eigenvalue weighted by Crippen LogP contribution is -2.28. The van der Waals surface area contributed by atoms with Crippen LogP contribution < -0.4 is 10.2 Å². The Balaban J connectivity index is 1.53. The Labute approximate surface area is 175 Å². The van der Waals surface area contributed by atoms with Gasteiger partial charge < -0.3 is 15.0 Å². The molecule has 0 aliphatic carbocycles. The number of ether oxygens (including phenoxy) is 1. The topological polar surface area (TPSA) is 75.7 Å². The number of amides is 2. The second-order valence-electron chi connectivity index (χ2n) is 6.50. The van der Waals surface area contributed by atoms with Gasteiger partial charge in [0.15, 0.2) is 6.61 Å². The van der Waals surface area contributed by atoms with Crippen LogP contribution in [0.5, 0.6) is 0 Å². The molecule has 146 valence electrons. The lowest BCUT2D eigenvalue weighted by Gasteiger charge is -2.16. The first-order valence-electron chi connectivity index (χ1n) is 8.62. The Morgan fingerprint density at radius 3 is 2.79 bits per heavy atom. The molecule has 0 spiro atoms. The van der Waals surface area contributed by atoms with E-state index in [4.69, 9.17) is 16.3 Å². The fraction of sp³-hybridized carbons (Fsp3) is 0.250. The van der Waals surface area contributed by atoms with Gasteiger partial charge in [-0.1, -0.05) is 33.6 Å². The first kappa shape index (κ1) is 20.4. The van der Waals surface area contributed by atoms with Gasteiger partial charge in [-0.2, -0.15) is 0 Å². The third-order valence-corrected chi connectivity index (χ3v) is 5.11. The van der Waals surface area contributed by atoms with Crippen LogP contribution in [0.4, 0.5) is 11.4 Å². The van der Waals surface area contributed by atoms with E-state index in [1.807, 2.05) is 19.1 Å². The van der Waals surface area contributed by atoms with E-state index in [-0.39, 0.29) is 18.9 Å². The van der Waals surface area contributed by atoms with Gasteiger partial charge >= 0.3 is 5.97 Å². The van der Waals surface area contributed by atoms with Crippen LogP contribution in [-0.4, -0.2) is 30.9 Å². The van der Waals surface area contributed by atoms with E-state index < -0.39 is 24.4 Å². The van der Waals surface area contributed by atoms with Gasteiger partial charge in [0.1, 0.15) is 0 Å². The molecule has 1 saturated heterocycles. The molecule has 2 aromatic rings. The van der Waals surface area contributed by atoms with Gasteiger partial charge in [0.2, 0.25) is 5.91 Å². The minimum absolute atomic E-state index is 0.0405. The number of halogens is 2. The summed E-state index contributed by atoms with van der Waals surface area (Å²) in [5.74, 6) is -1.80. The Morgan fingerprint density at radius 2 is 2.07 bits per heavy atom. The van der Waals surface area contributed by atoms with Crippen molar-refractivity contribution in [2.24, 2.45) is 5.92 Å². The molecule has 6 nitrogen and oxygen atoms in total. The summed E-state index contributed by atoms with van der Waals surface area (Å²) in [6.07, 6.45) is 0.0405. The molecular weight excluding hydrogens is 448 g/mol. The van der Waals surface area contributed by atoms with Crippen LogP contribution in [0.1, 0.15) is 12.0 Å². The van der Waals surface area contributed by atoms with E-state index >= 15 is 0 Å². The summed E-state index contributed by atoms with van der Waals surface area (Å²) in [6.45, 7) is 1.66. The third kappa shape index (κ3) is 4.91. The van der Waals surface area contributed by atoms with E-state index in [9.17, 15) is 14.4 Å². The predicted octanol–water partition coefficient (Wildman–Crippen LogP) is 3.95. The van der Waals surface area contributed by atoms with Crippen molar-refractivity contribution in [3.8, 4) is 0 Å². The van der Waals surface area contributed by atoms with Crippen molar-refractivity contribution in [3.05, 3.63) is 57.5 Å². The first-order chi connectivity index (χ1) is 13.3. The van der Waals surface area contributed by atoms with Crippen molar-refractivity contribution in [3.63, 3.8) is 0 Å². The van der Waals surface area contributed by atoms with Gasteiger partial charge in [0.05, 0.1) is 5.92 Å². The molecule has 1 aliphatic heterocycles. The average Bonchev–Trinajstić information content (AvgIpc) is 3.04. The van der Waals surface area contributed by atoms with E-state index in [0.717, 1.165) is 10.0 Å². The molecule has 1 heterocycles. The predicted molar refractivity (Wildman–Crippen MR) is 110 cm³/mol. The van der Waals surface area contributed by atoms with Crippen LogP contribution in [-0.2, 0) is 19.1 Å². The van der Waals surface area contributed by atoms with Crippen LogP contribution in [0.25, 0.3) is 0 Å². The van der Waals surface area contributed by atoms with Crippen molar-refractivity contribution < 1.29 is 19.1 Å². The molecule has 1 unspecified atom stereocenters. The smallest absolute Gasteiger partial charge is 0.311 e. The van der Waals surface area contributed by atoms with E-state index in [1.54, 1.807) is 30.3 Å². The zero-order valence-corrected chi connectivity index (χ0v) is 17.4. The highest BCUT2D eigenvalue weighted by molar-refractivity contribution is 9.10. The van der Waals surface area contributed by atoms with Gasteiger partial charge in [-0.05, 0) is 48.9 Å². The maximum Gasteiger partial charge on any atom is 0.311 e. The van der Waals surface area contributed by atoms with Crippen molar-refractivity contribution in [2.75, 3.05) is 23.4 Å². The molecule has 0 saturated carbocycles. The summed E-state index contributed by atoms with van der Waals surface area (Å²) in [5, 5.41) is 3.21. The molecule has 0 bridgehead atoms. The largest absolute Gasteiger partial charge is 0.455 e. The Hall–Kier alpha value is -2.38. The van der Waals surface area contributed by atoms with E-state index in [0.29, 0.717) is 16.4 Å². The highest BCUT2D eigenvalue weighted by atomic mass is 79.9. The summed E-state index contributed by atoms with van der Waals surface area (Å²) in [6, 6.07) is 12.3. The molecule has 0 aromatic heterocycles. The number of hydrogen-bond donors (Lipinski definition) is 1. The van der Waals surface area contributed by atoms with Crippen LogP contribution in [0.3, 0.4) is 0 Å². The lowest BCUT2D eigenvalue weighted by atomic mass is 10.1. The number of nitrogens with zero attached hydrogens (tertiary/aromatic N) is 1. The van der Waals surface area contributed by atoms with Crippen molar-refractivity contribution >= 4 is 56.7 Å². The van der Waals surface area contributed by atoms with E-state index in [2.05, 4.69) is 21.2 Å². The van der Waals surface area contributed by atoms with Gasteiger partial charge in [-0.25, -0.2) is 0 Å². The molecule has 1 N–H and O–H groups in total. The minimum Gasteiger partial charge on any atom is -0.455 e. The molecule has 1 fully saturated rings. The standard InChI is InChI=1S/C20H18BrClN2O4/c1-12-7-14(21)5-6-17(12)23-18(25)11-28-20(27)13-8-19(26)24(10-13)16-4-2-3-15(22)9-16/h2-7,9,13H,8,10-11H2,1H3,(H,23,25). The van der Waals surface area contributed by atoms with Crippen molar-refractivity contribution in [1.82, 2.24) is 0 Å². The van der Waals surface area contributed by atoms with Crippen molar-refractivity contribution in [1.29, 1.82) is 0 Å². The highest BCUT2D eigenvalue weighted by Gasteiger charge is 2.36. The molecule has 8 heteroatoms. The van der Waals surface area contributed by atoms with Crippen LogP contribution in [0, 0.1) is 12.8 Å². The fourth-order valence-corrected chi connectivity index (χ4v) is 3.63. The van der Waals surface area contributed by atoms with Crippen molar-refractivity contribution in [2.45, 2.75) is 13.3 Å². The van der Waals surface area contributed by atoms with Gasteiger partial charge in [0, 0.05) is 33.8 Å². The summed E-state index contributed by atoms with van der Waals surface area (Å²) in [7, 11) is 0. The monoisotopic (exact) mass is 464 g/mol. The highest BCUT2D eigenvalue weighted by Crippen LogP contribution is 2.27. The molecule has 1 aliphatic rings. The number of anilines is 2. The number of nitrogens with one attached hydrogen (secondary N) is 1. The normalized spacial score (nSPS) is 16.2. The summed E-state index contributed by atoms with van der Waals surface area (Å²) in [5.41, 5.74) is 2.16. The average molecular weight is 466 g/mol.